The van der Waals surface area contributed by atoms with E-state index in [1.165, 1.54) is 16.7 Å². The van der Waals surface area contributed by atoms with Crippen molar-refractivity contribution >= 4 is 46.7 Å². The molecule has 0 saturated carbocycles. The first-order valence-electron chi connectivity index (χ1n) is 11.5. The van der Waals surface area contributed by atoms with E-state index in [4.69, 9.17) is 9.72 Å². The van der Waals surface area contributed by atoms with Crippen molar-refractivity contribution in [1.29, 1.82) is 0 Å². The Hall–Kier alpha value is -2.43. The summed E-state index contributed by atoms with van der Waals surface area (Å²) in [7, 11) is 5.84. The summed E-state index contributed by atoms with van der Waals surface area (Å²) in [5, 5.41) is 8.12. The predicted molar refractivity (Wildman–Crippen MR) is 151 cm³/mol. The zero-order chi connectivity index (χ0) is 23.0. The zero-order valence-corrected chi connectivity index (χ0v) is 22.6. The van der Waals surface area contributed by atoms with E-state index in [0.29, 0.717) is 6.54 Å². The van der Waals surface area contributed by atoms with Gasteiger partial charge in [0.2, 0.25) is 0 Å². The Labute approximate surface area is 219 Å². The number of para-hydroxylation sites is 1. The Kier molecular flexibility index (Phi) is 9.91. The number of hydrogen-bond acceptors (Lipinski definition) is 5. The fourth-order valence-electron chi connectivity index (χ4n) is 4.07. The highest BCUT2D eigenvalue weighted by atomic mass is 127. The smallest absolute Gasteiger partial charge is 0.191 e. The van der Waals surface area contributed by atoms with E-state index in [9.17, 15) is 0 Å². The normalized spacial score (nSPS) is 14.5. The molecule has 0 spiro atoms. The van der Waals surface area contributed by atoms with Crippen molar-refractivity contribution in [2.75, 3.05) is 52.3 Å². The first-order chi connectivity index (χ1) is 16.1. The van der Waals surface area contributed by atoms with Gasteiger partial charge in [-0.2, -0.15) is 0 Å². The number of guanidine groups is 1. The third-order valence-electron chi connectivity index (χ3n) is 5.98. The maximum atomic E-state index is 5.49. The van der Waals surface area contributed by atoms with Crippen LogP contribution in [0.4, 0.5) is 5.82 Å². The summed E-state index contributed by atoms with van der Waals surface area (Å²) in [4.78, 5) is 13.7. The molecular formula is C26H35IN6O. The van der Waals surface area contributed by atoms with Gasteiger partial charge in [0, 0.05) is 59.3 Å². The monoisotopic (exact) mass is 574 g/mol. The molecule has 2 heterocycles. The van der Waals surface area contributed by atoms with E-state index in [2.05, 4.69) is 69.1 Å². The maximum absolute atomic E-state index is 5.49. The number of aliphatic imine (C=N–C) groups is 1. The van der Waals surface area contributed by atoms with Crippen molar-refractivity contribution in [2.24, 2.45) is 4.99 Å². The second-order valence-corrected chi connectivity index (χ2v) is 8.49. The summed E-state index contributed by atoms with van der Waals surface area (Å²) in [6.45, 7) is 5.94. The Morgan fingerprint density at radius 3 is 2.32 bits per heavy atom. The van der Waals surface area contributed by atoms with E-state index >= 15 is 0 Å². The molecule has 0 amide bonds. The molecule has 0 bridgehead atoms. The number of nitrogens with zero attached hydrogens (tertiary/aromatic N) is 4. The van der Waals surface area contributed by atoms with Crippen LogP contribution < -0.4 is 15.5 Å². The molecule has 1 aliphatic rings. The summed E-state index contributed by atoms with van der Waals surface area (Å²) >= 11 is 0. The van der Waals surface area contributed by atoms with Crippen LogP contribution in [0.1, 0.15) is 16.7 Å². The molecule has 1 fully saturated rings. The highest BCUT2D eigenvalue weighted by Gasteiger charge is 2.13. The van der Waals surface area contributed by atoms with Gasteiger partial charge < -0.3 is 20.3 Å². The largest absolute Gasteiger partial charge is 0.379 e. The van der Waals surface area contributed by atoms with Crippen LogP contribution in [0.25, 0.3) is 10.9 Å². The molecule has 4 rings (SSSR count). The van der Waals surface area contributed by atoms with Crippen molar-refractivity contribution in [2.45, 2.75) is 19.6 Å². The Morgan fingerprint density at radius 2 is 1.62 bits per heavy atom. The Bertz CT molecular complexity index is 1100. The van der Waals surface area contributed by atoms with Crippen LogP contribution in [0.3, 0.4) is 0 Å². The quantitative estimate of drug-likeness (QED) is 0.256. The molecule has 182 valence electrons. The second kappa shape index (κ2) is 12.9. The molecule has 0 unspecified atom stereocenters. The molecule has 34 heavy (non-hydrogen) atoms. The molecule has 3 aromatic rings. The number of fused-ring (bicyclic) bond motifs is 1. The third-order valence-corrected chi connectivity index (χ3v) is 5.98. The van der Waals surface area contributed by atoms with Gasteiger partial charge in [0.05, 0.1) is 18.7 Å². The van der Waals surface area contributed by atoms with E-state index in [1.807, 2.05) is 32.1 Å². The lowest BCUT2D eigenvalue weighted by Crippen LogP contribution is -2.37. The topological polar surface area (TPSA) is 65.0 Å². The van der Waals surface area contributed by atoms with Crippen LogP contribution in [-0.4, -0.2) is 63.3 Å². The number of pyridine rings is 1. The number of morpholine rings is 1. The van der Waals surface area contributed by atoms with Gasteiger partial charge in [0.25, 0.3) is 0 Å². The maximum Gasteiger partial charge on any atom is 0.191 e. The summed E-state index contributed by atoms with van der Waals surface area (Å²) < 4.78 is 5.49. The number of benzene rings is 2. The highest BCUT2D eigenvalue weighted by molar-refractivity contribution is 14.0. The van der Waals surface area contributed by atoms with Crippen molar-refractivity contribution in [3.63, 3.8) is 0 Å². The van der Waals surface area contributed by atoms with Gasteiger partial charge >= 0.3 is 0 Å². The van der Waals surface area contributed by atoms with Crippen LogP contribution in [-0.2, 0) is 24.4 Å². The molecular weight excluding hydrogens is 539 g/mol. The molecule has 1 saturated heterocycles. The van der Waals surface area contributed by atoms with Gasteiger partial charge in [-0.05, 0) is 28.8 Å². The molecule has 7 nitrogen and oxygen atoms in total. The average Bonchev–Trinajstić information content (AvgIpc) is 2.85. The highest BCUT2D eigenvalue weighted by Crippen LogP contribution is 2.22. The van der Waals surface area contributed by atoms with Crippen LogP contribution >= 0.6 is 24.0 Å². The standard InChI is InChI=1S/C26H34N6O.HI/c1-27-26(28-17-20-8-4-5-9-21(20)19-32-12-14-33-15-13-32)29-18-22-16-25(31(2)3)30-24-11-7-6-10-23(22)24;/h4-11,16H,12-15,17-19H2,1-3H3,(H2,27,28,29);1H. The van der Waals surface area contributed by atoms with Crippen molar-refractivity contribution in [3.05, 3.63) is 71.3 Å². The number of hydrogen-bond donors (Lipinski definition) is 2. The lowest BCUT2D eigenvalue weighted by Gasteiger charge is -2.27. The van der Waals surface area contributed by atoms with E-state index in [1.54, 1.807) is 0 Å². The summed E-state index contributed by atoms with van der Waals surface area (Å²) in [5.41, 5.74) is 4.83. The van der Waals surface area contributed by atoms with Gasteiger partial charge in [0.1, 0.15) is 5.82 Å². The SMILES string of the molecule is CN=C(NCc1ccccc1CN1CCOCC1)NCc1cc(N(C)C)nc2ccccc12.I. The second-order valence-electron chi connectivity index (χ2n) is 8.49. The summed E-state index contributed by atoms with van der Waals surface area (Å²) in [5.74, 6) is 1.73. The third kappa shape index (κ3) is 6.80. The van der Waals surface area contributed by atoms with E-state index in [0.717, 1.165) is 62.1 Å². The molecule has 1 aliphatic heterocycles. The minimum Gasteiger partial charge on any atom is -0.379 e. The van der Waals surface area contributed by atoms with E-state index < -0.39 is 0 Å². The number of nitrogens with one attached hydrogen (secondary N) is 2. The first-order valence-corrected chi connectivity index (χ1v) is 11.5. The zero-order valence-electron chi connectivity index (χ0n) is 20.3. The first kappa shape index (κ1) is 26.2. The van der Waals surface area contributed by atoms with Gasteiger partial charge in [-0.15, -0.1) is 24.0 Å². The molecule has 0 aliphatic carbocycles. The van der Waals surface area contributed by atoms with Gasteiger partial charge in [-0.3, -0.25) is 9.89 Å². The van der Waals surface area contributed by atoms with Crippen molar-refractivity contribution in [3.8, 4) is 0 Å². The van der Waals surface area contributed by atoms with Crippen molar-refractivity contribution < 1.29 is 4.74 Å². The van der Waals surface area contributed by atoms with Crippen LogP contribution in [0.5, 0.6) is 0 Å². The van der Waals surface area contributed by atoms with Gasteiger partial charge in [-0.25, -0.2) is 4.98 Å². The molecule has 8 heteroatoms. The fraction of sp³-hybridized carbons (Fsp3) is 0.385. The van der Waals surface area contributed by atoms with Crippen LogP contribution in [0, 0.1) is 0 Å². The summed E-state index contributed by atoms with van der Waals surface area (Å²) in [6, 6.07) is 19.0. The number of halogens is 1. The minimum atomic E-state index is 0. The van der Waals surface area contributed by atoms with Gasteiger partial charge in [0.15, 0.2) is 5.96 Å². The Morgan fingerprint density at radius 1 is 0.971 bits per heavy atom. The lowest BCUT2D eigenvalue weighted by molar-refractivity contribution is 0.0341. The Balaban J connectivity index is 0.00000324. The van der Waals surface area contributed by atoms with Crippen LogP contribution in [0.2, 0.25) is 0 Å². The fourth-order valence-corrected chi connectivity index (χ4v) is 4.07. The molecule has 2 aromatic carbocycles. The minimum absolute atomic E-state index is 0. The molecule has 0 radical (unpaired) electrons. The lowest BCUT2D eigenvalue weighted by atomic mass is 10.1. The average molecular weight is 575 g/mol. The molecule has 2 N–H and O–H groups in total. The molecule has 1 aromatic heterocycles. The number of aromatic nitrogens is 1. The van der Waals surface area contributed by atoms with E-state index in [-0.39, 0.29) is 24.0 Å². The van der Waals surface area contributed by atoms with Crippen molar-refractivity contribution in [1.82, 2.24) is 20.5 Å². The number of rotatable bonds is 7. The van der Waals surface area contributed by atoms with Crippen LogP contribution in [0.15, 0.2) is 59.6 Å². The number of ether oxygens (including phenoxy) is 1. The molecule has 0 atom stereocenters. The summed E-state index contributed by atoms with van der Waals surface area (Å²) in [6.07, 6.45) is 0. The number of anilines is 1. The van der Waals surface area contributed by atoms with Gasteiger partial charge in [-0.1, -0.05) is 42.5 Å². The predicted octanol–water partition coefficient (Wildman–Crippen LogP) is 3.62.